The number of fused-ring (bicyclic) bond motifs is 7. The van der Waals surface area contributed by atoms with E-state index in [1.54, 1.807) is 0 Å². The minimum atomic E-state index is -0.320. The van der Waals surface area contributed by atoms with Crippen molar-refractivity contribution in [3.63, 3.8) is 0 Å². The van der Waals surface area contributed by atoms with E-state index in [9.17, 15) is 0 Å². The van der Waals surface area contributed by atoms with E-state index in [2.05, 4.69) is 133 Å². The van der Waals surface area contributed by atoms with Gasteiger partial charge < -0.3 is 14.5 Å². The summed E-state index contributed by atoms with van der Waals surface area (Å²) in [6.07, 6.45) is -0.320. The van der Waals surface area contributed by atoms with Crippen molar-refractivity contribution < 1.29 is 9.15 Å². The van der Waals surface area contributed by atoms with Crippen LogP contribution in [0.15, 0.2) is 162 Å². The monoisotopic (exact) mass is 692 g/mol. The van der Waals surface area contributed by atoms with Gasteiger partial charge >= 0.3 is 0 Å². The van der Waals surface area contributed by atoms with Crippen LogP contribution in [0.4, 0.5) is 5.69 Å². The van der Waals surface area contributed by atoms with Crippen molar-refractivity contribution >= 4 is 70.7 Å². The Hall–Kier alpha value is -7.31. The molecule has 0 spiro atoms. The van der Waals surface area contributed by atoms with Crippen LogP contribution in [-0.4, -0.2) is 15.0 Å². The Morgan fingerprint density at radius 2 is 1.06 bits per heavy atom. The summed E-state index contributed by atoms with van der Waals surface area (Å²) in [6, 6.07) is 54.7. The number of rotatable bonds is 4. The summed E-state index contributed by atoms with van der Waals surface area (Å²) in [5.41, 5.74) is 6.25. The highest BCUT2D eigenvalue weighted by molar-refractivity contribution is 6.28. The van der Waals surface area contributed by atoms with Crippen molar-refractivity contribution in [1.29, 1.82) is 0 Å². The lowest BCUT2D eigenvalue weighted by Crippen LogP contribution is -2.09. The van der Waals surface area contributed by atoms with E-state index in [-0.39, 0.29) is 6.23 Å². The lowest BCUT2D eigenvalue weighted by atomic mass is 9.97. The fourth-order valence-corrected chi connectivity index (χ4v) is 8.29. The van der Waals surface area contributed by atoms with Crippen LogP contribution >= 0.6 is 0 Å². The fourth-order valence-electron chi connectivity index (χ4n) is 8.29. The Balaban J connectivity index is 1.09. The second kappa shape index (κ2) is 11.1. The molecule has 0 fully saturated rings. The van der Waals surface area contributed by atoms with Crippen LogP contribution in [0.1, 0.15) is 11.8 Å². The SMILES string of the molecule is c1ccc(C2Nc3c(c4cc(-c5nc(-c6ccc7ccccc7c6)nc(-c6ccc7c(ccc8ccccc87)c6)n5)cc5oc6cccc3c6c54)O2)cc1. The lowest BCUT2D eigenvalue weighted by molar-refractivity contribution is 0.262. The van der Waals surface area contributed by atoms with Crippen LogP contribution in [0, 0.1) is 0 Å². The van der Waals surface area contributed by atoms with E-state index in [0.717, 1.165) is 82.6 Å². The number of nitrogens with one attached hydrogen (secondary N) is 1. The number of hydrogen-bond donors (Lipinski definition) is 1. The lowest BCUT2D eigenvalue weighted by Gasteiger charge is -2.12. The number of aromatic nitrogens is 3. The number of ether oxygens (including phenoxy) is 1. The van der Waals surface area contributed by atoms with Gasteiger partial charge in [0.05, 0.1) is 5.69 Å². The van der Waals surface area contributed by atoms with Gasteiger partial charge in [0.25, 0.3) is 0 Å². The zero-order chi connectivity index (χ0) is 35.3. The van der Waals surface area contributed by atoms with Crippen molar-refractivity contribution in [2.75, 3.05) is 5.32 Å². The molecule has 1 N–H and O–H groups in total. The summed E-state index contributed by atoms with van der Waals surface area (Å²) < 4.78 is 13.3. The third-order valence-corrected chi connectivity index (χ3v) is 10.9. The topological polar surface area (TPSA) is 73.1 Å². The molecule has 6 heteroatoms. The van der Waals surface area contributed by atoms with Gasteiger partial charge in [-0.3, -0.25) is 0 Å². The second-order valence-electron chi connectivity index (χ2n) is 14.0. The van der Waals surface area contributed by atoms with Crippen molar-refractivity contribution in [3.05, 3.63) is 163 Å². The molecular weight excluding hydrogens is 665 g/mol. The van der Waals surface area contributed by atoms with Gasteiger partial charge in [-0.25, -0.2) is 15.0 Å². The first-order valence-corrected chi connectivity index (χ1v) is 18.1. The summed E-state index contributed by atoms with van der Waals surface area (Å²) >= 11 is 0. The Morgan fingerprint density at radius 1 is 0.426 bits per heavy atom. The largest absolute Gasteiger partial charge is 0.464 e. The van der Waals surface area contributed by atoms with Crippen molar-refractivity contribution in [3.8, 4) is 39.9 Å². The molecule has 54 heavy (non-hydrogen) atoms. The summed E-state index contributed by atoms with van der Waals surface area (Å²) in [5.74, 6) is 2.55. The number of hydrogen-bond acceptors (Lipinski definition) is 6. The van der Waals surface area contributed by atoms with E-state index in [0.29, 0.717) is 17.5 Å². The van der Waals surface area contributed by atoms with Crippen LogP contribution < -0.4 is 10.1 Å². The molecule has 12 rings (SSSR count). The van der Waals surface area contributed by atoms with E-state index in [1.807, 2.05) is 30.3 Å². The van der Waals surface area contributed by atoms with Gasteiger partial charge in [-0.05, 0) is 62.6 Å². The van der Waals surface area contributed by atoms with Gasteiger partial charge in [-0.2, -0.15) is 0 Å². The molecule has 0 bridgehead atoms. The van der Waals surface area contributed by atoms with Crippen molar-refractivity contribution in [1.82, 2.24) is 15.0 Å². The average Bonchev–Trinajstić information content (AvgIpc) is 3.86. The van der Waals surface area contributed by atoms with Crippen LogP contribution in [0.2, 0.25) is 0 Å². The first-order chi connectivity index (χ1) is 26.7. The minimum Gasteiger partial charge on any atom is -0.464 e. The van der Waals surface area contributed by atoms with E-state index < -0.39 is 0 Å². The molecule has 1 atom stereocenters. The highest BCUT2D eigenvalue weighted by Crippen LogP contribution is 2.52. The van der Waals surface area contributed by atoms with Gasteiger partial charge in [0.1, 0.15) is 11.2 Å². The van der Waals surface area contributed by atoms with Crippen molar-refractivity contribution in [2.24, 2.45) is 0 Å². The second-order valence-corrected chi connectivity index (χ2v) is 14.0. The molecular formula is C48H28N4O2. The highest BCUT2D eigenvalue weighted by Gasteiger charge is 2.31. The predicted molar refractivity (Wildman–Crippen MR) is 218 cm³/mol. The van der Waals surface area contributed by atoms with Gasteiger partial charge in [0, 0.05) is 43.8 Å². The zero-order valence-corrected chi connectivity index (χ0v) is 28.7. The van der Waals surface area contributed by atoms with Crippen LogP contribution in [0.3, 0.4) is 0 Å². The smallest absolute Gasteiger partial charge is 0.196 e. The van der Waals surface area contributed by atoms with Gasteiger partial charge in [-0.1, -0.05) is 127 Å². The zero-order valence-electron chi connectivity index (χ0n) is 28.7. The number of nitrogens with zero attached hydrogens (tertiary/aromatic N) is 3. The normalized spacial score (nSPS) is 14.0. The Morgan fingerprint density at radius 3 is 1.91 bits per heavy atom. The average molecular weight is 693 g/mol. The molecule has 6 nitrogen and oxygen atoms in total. The number of benzene rings is 9. The molecule has 9 aromatic carbocycles. The number of anilines is 1. The van der Waals surface area contributed by atoms with Gasteiger partial charge in [0.2, 0.25) is 0 Å². The van der Waals surface area contributed by atoms with Gasteiger partial charge in [-0.15, -0.1) is 0 Å². The Kier molecular flexibility index (Phi) is 6.02. The van der Waals surface area contributed by atoms with Crippen molar-refractivity contribution in [2.45, 2.75) is 6.23 Å². The maximum absolute atomic E-state index is 6.76. The van der Waals surface area contributed by atoms with E-state index in [1.165, 1.54) is 16.2 Å². The summed E-state index contributed by atoms with van der Waals surface area (Å²) in [4.78, 5) is 15.5. The molecule has 0 saturated carbocycles. The fraction of sp³-hybridized carbons (Fsp3) is 0.0208. The molecule has 0 aliphatic carbocycles. The van der Waals surface area contributed by atoms with E-state index >= 15 is 0 Å². The molecule has 252 valence electrons. The maximum atomic E-state index is 6.76. The molecule has 1 aliphatic rings. The van der Waals surface area contributed by atoms with E-state index in [4.69, 9.17) is 24.1 Å². The summed E-state index contributed by atoms with van der Waals surface area (Å²) in [6.45, 7) is 0. The standard InChI is InChI=1S/C48H28N4O2/c1-2-11-29(12-3-1)48-49-43-37-15-8-16-39-41(37)42-38(44(43)54-48)25-34(26-40(42)53-39)47-51-45(32-20-17-27-9-4-5-13-30(27)23-32)50-46(52-47)33-21-22-36-31(24-33)19-18-28-10-6-7-14-35(28)36/h1-26,48-49H. The summed E-state index contributed by atoms with van der Waals surface area (Å²) in [5, 5.41) is 14.9. The summed E-state index contributed by atoms with van der Waals surface area (Å²) in [7, 11) is 0. The molecule has 3 heterocycles. The molecule has 1 unspecified atom stereocenters. The molecule has 2 aromatic heterocycles. The molecule has 1 aliphatic heterocycles. The first kappa shape index (κ1) is 29.3. The maximum Gasteiger partial charge on any atom is 0.196 e. The predicted octanol–water partition coefficient (Wildman–Crippen LogP) is 12.3. The Bertz CT molecular complexity index is 3300. The molecule has 0 amide bonds. The third kappa shape index (κ3) is 4.37. The van der Waals surface area contributed by atoms with Gasteiger partial charge in [0.15, 0.2) is 29.5 Å². The highest BCUT2D eigenvalue weighted by atomic mass is 16.5. The molecule has 11 aromatic rings. The van der Waals surface area contributed by atoms with Crippen LogP contribution in [0.25, 0.3) is 99.2 Å². The van der Waals surface area contributed by atoms with Crippen LogP contribution in [-0.2, 0) is 0 Å². The number of furan rings is 1. The minimum absolute atomic E-state index is 0.320. The molecule has 0 saturated heterocycles. The molecule has 0 radical (unpaired) electrons. The Labute approximate surface area is 308 Å². The van der Waals surface area contributed by atoms with Crippen LogP contribution in [0.5, 0.6) is 5.75 Å². The third-order valence-electron chi connectivity index (χ3n) is 10.9. The first-order valence-electron chi connectivity index (χ1n) is 18.1. The quantitative estimate of drug-likeness (QED) is 0.185.